The second-order valence-electron chi connectivity index (χ2n) is 7.25. The first-order valence-electron chi connectivity index (χ1n) is 9.92. The number of ether oxygens (including phenoxy) is 2. The molecule has 0 unspecified atom stereocenters. The number of nitrogens with zero attached hydrogens (tertiary/aromatic N) is 2. The Bertz CT molecular complexity index is 532. The fourth-order valence-corrected chi connectivity index (χ4v) is 3.64. The van der Waals surface area contributed by atoms with Crippen molar-refractivity contribution in [3.05, 3.63) is 30.1 Å². The number of pyridine rings is 1. The average Bonchev–Trinajstić information content (AvgIpc) is 2.64. The topological polar surface area (TPSA) is 63.7 Å². The molecule has 3 rings (SSSR count). The highest BCUT2D eigenvalue weighted by Gasteiger charge is 2.28. The van der Waals surface area contributed by atoms with Gasteiger partial charge in [-0.3, -0.25) is 14.7 Å². The molecule has 2 aliphatic rings. The summed E-state index contributed by atoms with van der Waals surface area (Å²) < 4.78 is 11.5. The smallest absolute Gasteiger partial charge is 0.234 e. The minimum Gasteiger partial charge on any atom is -0.379 e. The molecule has 2 saturated heterocycles. The second kappa shape index (κ2) is 10.6. The average molecular weight is 361 g/mol. The summed E-state index contributed by atoms with van der Waals surface area (Å²) in [7, 11) is 0. The van der Waals surface area contributed by atoms with Gasteiger partial charge in [0.2, 0.25) is 5.91 Å². The quantitative estimate of drug-likeness (QED) is 0.841. The highest BCUT2D eigenvalue weighted by molar-refractivity contribution is 5.78. The molecule has 3 heterocycles. The van der Waals surface area contributed by atoms with Crippen LogP contribution in [0.15, 0.2) is 24.4 Å². The van der Waals surface area contributed by atoms with Crippen LogP contribution in [0.2, 0.25) is 0 Å². The first-order chi connectivity index (χ1) is 12.8. The van der Waals surface area contributed by atoms with Crippen molar-refractivity contribution in [2.24, 2.45) is 0 Å². The molecule has 2 fully saturated rings. The van der Waals surface area contributed by atoms with Crippen molar-refractivity contribution in [3.8, 4) is 0 Å². The number of nitrogens with one attached hydrogen (secondary N) is 1. The molecule has 0 aromatic carbocycles. The first kappa shape index (κ1) is 19.3. The van der Waals surface area contributed by atoms with Gasteiger partial charge in [-0.05, 0) is 44.5 Å². The lowest BCUT2D eigenvalue weighted by Crippen LogP contribution is -2.52. The van der Waals surface area contributed by atoms with E-state index in [9.17, 15) is 4.79 Å². The zero-order valence-corrected chi connectivity index (χ0v) is 15.6. The normalized spacial score (nSPS) is 25.2. The summed E-state index contributed by atoms with van der Waals surface area (Å²) in [6, 6.07) is 5.79. The maximum Gasteiger partial charge on any atom is 0.234 e. The summed E-state index contributed by atoms with van der Waals surface area (Å²) in [5, 5.41) is 3.18. The molecular weight excluding hydrogens is 330 g/mol. The van der Waals surface area contributed by atoms with Crippen LogP contribution in [0.3, 0.4) is 0 Å². The van der Waals surface area contributed by atoms with E-state index >= 15 is 0 Å². The molecule has 2 aliphatic heterocycles. The second-order valence-corrected chi connectivity index (χ2v) is 7.25. The Labute approximate surface area is 156 Å². The van der Waals surface area contributed by atoms with E-state index in [0.717, 1.165) is 25.2 Å². The third-order valence-electron chi connectivity index (χ3n) is 5.14. The fourth-order valence-electron chi connectivity index (χ4n) is 3.64. The van der Waals surface area contributed by atoms with Crippen molar-refractivity contribution in [2.45, 2.75) is 57.3 Å². The summed E-state index contributed by atoms with van der Waals surface area (Å²) in [5.41, 5.74) is 0.892. The molecule has 6 heteroatoms. The molecule has 6 nitrogen and oxygen atoms in total. The lowest BCUT2D eigenvalue weighted by molar-refractivity contribution is -0.127. The zero-order chi connectivity index (χ0) is 18.0. The maximum absolute atomic E-state index is 12.5. The van der Waals surface area contributed by atoms with E-state index < -0.39 is 0 Å². The monoisotopic (exact) mass is 361 g/mol. The number of hydrogen-bond acceptors (Lipinski definition) is 5. The minimum atomic E-state index is -0.123. The lowest BCUT2D eigenvalue weighted by atomic mass is 10.1. The van der Waals surface area contributed by atoms with E-state index in [2.05, 4.69) is 15.2 Å². The molecule has 26 heavy (non-hydrogen) atoms. The highest BCUT2D eigenvalue weighted by Crippen LogP contribution is 2.14. The van der Waals surface area contributed by atoms with E-state index in [0.29, 0.717) is 26.4 Å². The van der Waals surface area contributed by atoms with Crippen molar-refractivity contribution >= 4 is 5.91 Å². The van der Waals surface area contributed by atoms with Crippen LogP contribution in [0.4, 0.5) is 0 Å². The molecule has 0 saturated carbocycles. The van der Waals surface area contributed by atoms with Crippen molar-refractivity contribution < 1.29 is 14.3 Å². The minimum absolute atomic E-state index is 0.00900. The van der Waals surface area contributed by atoms with Crippen LogP contribution in [-0.4, -0.2) is 60.8 Å². The predicted octanol–water partition coefficient (Wildman–Crippen LogP) is 2.14. The van der Waals surface area contributed by atoms with Crippen molar-refractivity contribution in [1.29, 1.82) is 0 Å². The third-order valence-corrected chi connectivity index (χ3v) is 5.14. The van der Waals surface area contributed by atoms with Crippen LogP contribution in [0.5, 0.6) is 0 Å². The highest BCUT2D eigenvalue weighted by atomic mass is 16.5. The van der Waals surface area contributed by atoms with Gasteiger partial charge in [0.1, 0.15) is 6.10 Å². The largest absolute Gasteiger partial charge is 0.379 e. The molecule has 144 valence electrons. The van der Waals surface area contributed by atoms with Gasteiger partial charge in [0.25, 0.3) is 0 Å². The van der Waals surface area contributed by atoms with E-state index in [4.69, 9.17) is 9.47 Å². The number of likely N-dealkylation sites (tertiary alicyclic amines) is 1. The van der Waals surface area contributed by atoms with E-state index in [-0.39, 0.29) is 18.1 Å². The third kappa shape index (κ3) is 6.34. The molecule has 2 atom stereocenters. The van der Waals surface area contributed by atoms with Gasteiger partial charge in [-0.15, -0.1) is 0 Å². The van der Waals surface area contributed by atoms with Gasteiger partial charge in [0.05, 0.1) is 31.5 Å². The SMILES string of the molecule is O=C(CN1CCCCCCC1)N[C@@H]1CCOC[C@H]1OCc1ccccn1. The van der Waals surface area contributed by atoms with Crippen LogP contribution in [0.25, 0.3) is 0 Å². The molecule has 1 N–H and O–H groups in total. The van der Waals surface area contributed by atoms with Gasteiger partial charge in [-0.1, -0.05) is 25.3 Å². The van der Waals surface area contributed by atoms with E-state index in [1.807, 2.05) is 18.2 Å². The van der Waals surface area contributed by atoms with Crippen LogP contribution < -0.4 is 5.32 Å². The molecule has 1 aromatic rings. The van der Waals surface area contributed by atoms with Gasteiger partial charge < -0.3 is 14.8 Å². The standard InChI is InChI=1S/C20H31N3O3/c24-20(14-23-11-6-2-1-3-7-12-23)22-18-9-13-25-16-19(18)26-15-17-8-4-5-10-21-17/h4-5,8,10,18-19H,1-3,6-7,9,11-16H2,(H,22,24)/t18-,19-/m1/s1. The lowest BCUT2D eigenvalue weighted by Gasteiger charge is -2.33. The van der Waals surface area contributed by atoms with Gasteiger partial charge in [-0.25, -0.2) is 0 Å². The Hall–Kier alpha value is -1.50. The first-order valence-corrected chi connectivity index (χ1v) is 9.92. The Morgan fingerprint density at radius 3 is 2.81 bits per heavy atom. The summed E-state index contributed by atoms with van der Waals surface area (Å²) in [6.07, 6.45) is 8.71. The van der Waals surface area contributed by atoms with Gasteiger partial charge >= 0.3 is 0 Å². The Morgan fingerprint density at radius 2 is 2.04 bits per heavy atom. The van der Waals surface area contributed by atoms with Crippen molar-refractivity contribution in [1.82, 2.24) is 15.2 Å². The van der Waals surface area contributed by atoms with Crippen molar-refractivity contribution in [2.75, 3.05) is 32.8 Å². The molecule has 0 aliphatic carbocycles. The van der Waals surface area contributed by atoms with Gasteiger partial charge in [0, 0.05) is 12.8 Å². The predicted molar refractivity (Wildman–Crippen MR) is 99.7 cm³/mol. The maximum atomic E-state index is 12.5. The van der Waals surface area contributed by atoms with E-state index in [1.165, 1.54) is 32.1 Å². The number of carbonyl (C=O) groups excluding carboxylic acids is 1. The van der Waals surface area contributed by atoms with Crippen LogP contribution in [-0.2, 0) is 20.9 Å². The van der Waals surface area contributed by atoms with Gasteiger partial charge in [0.15, 0.2) is 0 Å². The number of amides is 1. The van der Waals surface area contributed by atoms with Crippen LogP contribution >= 0.6 is 0 Å². The molecule has 1 aromatic heterocycles. The van der Waals surface area contributed by atoms with Crippen LogP contribution in [0, 0.1) is 0 Å². The molecular formula is C20H31N3O3. The molecule has 1 amide bonds. The number of aromatic nitrogens is 1. The summed E-state index contributed by atoms with van der Waals surface area (Å²) in [5.74, 6) is 0.101. The fraction of sp³-hybridized carbons (Fsp3) is 0.700. The van der Waals surface area contributed by atoms with Crippen LogP contribution in [0.1, 0.15) is 44.2 Å². The Kier molecular flexibility index (Phi) is 7.86. The number of carbonyl (C=O) groups is 1. The molecule has 0 bridgehead atoms. The summed E-state index contributed by atoms with van der Waals surface area (Å²) >= 11 is 0. The van der Waals surface area contributed by atoms with E-state index in [1.54, 1.807) is 6.20 Å². The molecule has 0 spiro atoms. The van der Waals surface area contributed by atoms with Gasteiger partial charge in [-0.2, -0.15) is 0 Å². The summed E-state index contributed by atoms with van der Waals surface area (Å²) in [4.78, 5) is 19.1. The zero-order valence-electron chi connectivity index (χ0n) is 15.6. The Balaban J connectivity index is 1.46. The summed E-state index contributed by atoms with van der Waals surface area (Å²) in [6.45, 7) is 4.17. The van der Waals surface area contributed by atoms with Crippen molar-refractivity contribution in [3.63, 3.8) is 0 Å². The number of hydrogen-bond donors (Lipinski definition) is 1. The number of rotatable bonds is 6. The molecule has 0 radical (unpaired) electrons. The Morgan fingerprint density at radius 1 is 1.23 bits per heavy atom.